The molecule has 0 saturated heterocycles. The van der Waals surface area contributed by atoms with Crippen molar-refractivity contribution in [3.8, 4) is 0 Å². The number of amides is 1. The third-order valence-electron chi connectivity index (χ3n) is 0.926. The van der Waals surface area contributed by atoms with Crippen molar-refractivity contribution in [2.45, 2.75) is 40.0 Å². The Morgan fingerprint density at radius 3 is 1.15 bits per heavy atom. The standard InChI is InChI=1S/C3H7NO.2C3H9N/c1-2-3(4)5;2*1-2-3-4/h2H2,1H3,(H2,4,5);2*2-4H2,1H3. The molecule has 0 fully saturated rings. The van der Waals surface area contributed by atoms with Gasteiger partial charge in [0, 0.05) is 6.42 Å². The minimum atomic E-state index is -0.245. The third kappa shape index (κ3) is 87.4. The average Bonchev–Trinajstić information content (AvgIpc) is 2.18. The van der Waals surface area contributed by atoms with Gasteiger partial charge in [0.05, 0.1) is 0 Å². The van der Waals surface area contributed by atoms with Crippen LogP contribution in [0.5, 0.6) is 0 Å². The van der Waals surface area contributed by atoms with E-state index in [1.165, 1.54) is 0 Å². The molecule has 0 aromatic carbocycles. The molecule has 4 nitrogen and oxygen atoms in total. The zero-order valence-electron chi connectivity index (χ0n) is 9.18. The zero-order chi connectivity index (χ0) is 11.1. The second kappa shape index (κ2) is 22.5. The maximum atomic E-state index is 9.59. The van der Waals surface area contributed by atoms with Gasteiger partial charge in [-0.3, -0.25) is 4.79 Å². The van der Waals surface area contributed by atoms with Gasteiger partial charge in [-0.2, -0.15) is 0 Å². The summed E-state index contributed by atoms with van der Waals surface area (Å²) in [6, 6.07) is 0. The number of carbonyl (C=O) groups is 1. The molecule has 82 valence electrons. The lowest BCUT2D eigenvalue weighted by atomic mass is 10.5. The summed E-state index contributed by atoms with van der Waals surface area (Å²) in [6.45, 7) is 7.47. The lowest BCUT2D eigenvalue weighted by Gasteiger charge is -1.73. The van der Waals surface area contributed by atoms with E-state index >= 15 is 0 Å². The quantitative estimate of drug-likeness (QED) is 0.609. The Morgan fingerprint density at radius 2 is 1.15 bits per heavy atom. The molecule has 0 aliphatic rings. The highest BCUT2D eigenvalue weighted by Gasteiger charge is 1.77. The molecule has 0 aliphatic carbocycles. The van der Waals surface area contributed by atoms with Gasteiger partial charge in [0.25, 0.3) is 0 Å². The Balaban J connectivity index is -0.000000117. The number of hydrogen-bond donors (Lipinski definition) is 3. The van der Waals surface area contributed by atoms with Crippen LogP contribution in [0, 0.1) is 0 Å². The largest absolute Gasteiger partial charge is 0.370 e. The van der Waals surface area contributed by atoms with Gasteiger partial charge >= 0.3 is 0 Å². The van der Waals surface area contributed by atoms with Gasteiger partial charge < -0.3 is 17.2 Å². The minimum Gasteiger partial charge on any atom is -0.370 e. The number of primary amides is 1. The number of hydrogen-bond acceptors (Lipinski definition) is 3. The molecule has 0 saturated carbocycles. The molecule has 4 heteroatoms. The highest BCUT2D eigenvalue weighted by Crippen LogP contribution is 1.63. The number of rotatable bonds is 3. The third-order valence-corrected chi connectivity index (χ3v) is 0.926. The van der Waals surface area contributed by atoms with Gasteiger partial charge in [-0.05, 0) is 25.9 Å². The molecule has 0 radical (unpaired) electrons. The van der Waals surface area contributed by atoms with E-state index in [1.807, 2.05) is 0 Å². The van der Waals surface area contributed by atoms with Crippen molar-refractivity contribution >= 4 is 5.91 Å². The van der Waals surface area contributed by atoms with E-state index in [-0.39, 0.29) is 5.91 Å². The molecule has 0 heterocycles. The topological polar surface area (TPSA) is 95.1 Å². The van der Waals surface area contributed by atoms with E-state index in [1.54, 1.807) is 6.92 Å². The highest BCUT2D eigenvalue weighted by atomic mass is 16.1. The Bertz CT molecular complexity index is 78.9. The van der Waals surface area contributed by atoms with Crippen LogP contribution in [0.4, 0.5) is 0 Å². The average molecular weight is 191 g/mol. The van der Waals surface area contributed by atoms with Crippen molar-refractivity contribution in [1.29, 1.82) is 0 Å². The highest BCUT2D eigenvalue weighted by molar-refractivity contribution is 5.73. The fourth-order valence-electron chi connectivity index (χ4n) is 0. The van der Waals surface area contributed by atoms with E-state index in [4.69, 9.17) is 11.5 Å². The molecule has 13 heavy (non-hydrogen) atoms. The van der Waals surface area contributed by atoms with Crippen molar-refractivity contribution < 1.29 is 4.79 Å². The van der Waals surface area contributed by atoms with Crippen molar-refractivity contribution in [3.05, 3.63) is 0 Å². The van der Waals surface area contributed by atoms with Gasteiger partial charge in [0.1, 0.15) is 0 Å². The molecule has 0 unspecified atom stereocenters. The van der Waals surface area contributed by atoms with Crippen LogP contribution in [0.1, 0.15) is 40.0 Å². The van der Waals surface area contributed by atoms with E-state index < -0.39 is 0 Å². The predicted octanol–water partition coefficient (Wildman–Crippen LogP) is 0.592. The minimum absolute atomic E-state index is 0.245. The van der Waals surface area contributed by atoms with Crippen LogP contribution in [-0.2, 0) is 4.79 Å². The number of nitrogens with two attached hydrogens (primary N) is 3. The van der Waals surface area contributed by atoms with E-state index in [9.17, 15) is 4.79 Å². The summed E-state index contributed by atoms with van der Waals surface area (Å²) in [5, 5.41) is 0. The first kappa shape index (κ1) is 18.2. The summed E-state index contributed by atoms with van der Waals surface area (Å²) in [6.07, 6.45) is 2.64. The molecule has 1 amide bonds. The molecule has 0 rings (SSSR count). The summed E-state index contributed by atoms with van der Waals surface area (Å²) in [4.78, 5) is 9.59. The smallest absolute Gasteiger partial charge is 0.217 e. The summed E-state index contributed by atoms with van der Waals surface area (Å²) in [5.74, 6) is -0.245. The maximum Gasteiger partial charge on any atom is 0.217 e. The van der Waals surface area contributed by atoms with Crippen molar-refractivity contribution in [1.82, 2.24) is 0 Å². The van der Waals surface area contributed by atoms with Crippen molar-refractivity contribution in [2.75, 3.05) is 13.1 Å². The maximum absolute atomic E-state index is 9.59. The van der Waals surface area contributed by atoms with Gasteiger partial charge in [0.15, 0.2) is 0 Å². The molecular formula is C9H25N3O. The molecule has 0 bridgehead atoms. The van der Waals surface area contributed by atoms with Crippen LogP contribution >= 0.6 is 0 Å². The Morgan fingerprint density at radius 1 is 1.00 bits per heavy atom. The lowest BCUT2D eigenvalue weighted by molar-refractivity contribution is -0.117. The molecule has 0 spiro atoms. The number of carbonyl (C=O) groups excluding carboxylic acids is 1. The fourth-order valence-corrected chi connectivity index (χ4v) is 0. The molecule has 0 aromatic rings. The first-order valence-corrected chi connectivity index (χ1v) is 4.78. The van der Waals surface area contributed by atoms with Crippen LogP contribution in [-0.4, -0.2) is 19.0 Å². The molecular weight excluding hydrogens is 166 g/mol. The van der Waals surface area contributed by atoms with Crippen LogP contribution < -0.4 is 17.2 Å². The summed E-state index contributed by atoms with van der Waals surface area (Å²) in [5.41, 5.74) is 14.7. The molecule has 0 aliphatic heterocycles. The second-order valence-electron chi connectivity index (χ2n) is 2.40. The fraction of sp³-hybridized carbons (Fsp3) is 0.889. The van der Waals surface area contributed by atoms with E-state index in [0.717, 1.165) is 25.9 Å². The van der Waals surface area contributed by atoms with Gasteiger partial charge in [-0.25, -0.2) is 0 Å². The van der Waals surface area contributed by atoms with E-state index in [0.29, 0.717) is 6.42 Å². The zero-order valence-corrected chi connectivity index (χ0v) is 9.18. The van der Waals surface area contributed by atoms with Gasteiger partial charge in [0.2, 0.25) is 5.91 Å². The SMILES string of the molecule is CCC(N)=O.CCCN.CCCN. The lowest BCUT2D eigenvalue weighted by Crippen LogP contribution is -2.06. The second-order valence-corrected chi connectivity index (χ2v) is 2.40. The Hall–Kier alpha value is -0.610. The van der Waals surface area contributed by atoms with Crippen LogP contribution in [0.3, 0.4) is 0 Å². The van der Waals surface area contributed by atoms with Crippen molar-refractivity contribution in [3.63, 3.8) is 0 Å². The van der Waals surface area contributed by atoms with Crippen molar-refractivity contribution in [2.24, 2.45) is 17.2 Å². The first-order valence-electron chi connectivity index (χ1n) is 4.78. The molecule has 0 aromatic heterocycles. The first-order chi connectivity index (χ1) is 6.10. The van der Waals surface area contributed by atoms with Crippen LogP contribution in [0.25, 0.3) is 0 Å². The van der Waals surface area contributed by atoms with Crippen LogP contribution in [0.2, 0.25) is 0 Å². The monoisotopic (exact) mass is 191 g/mol. The van der Waals surface area contributed by atoms with Crippen LogP contribution in [0.15, 0.2) is 0 Å². The summed E-state index contributed by atoms with van der Waals surface area (Å²) in [7, 11) is 0. The predicted molar refractivity (Wildman–Crippen MR) is 58.2 cm³/mol. The Kier molecular flexibility index (Phi) is 31.6. The van der Waals surface area contributed by atoms with E-state index in [2.05, 4.69) is 19.6 Å². The molecule has 0 atom stereocenters. The normalized spacial score (nSPS) is 7.46. The summed E-state index contributed by atoms with van der Waals surface area (Å²) >= 11 is 0. The Labute approximate surface area is 81.9 Å². The summed E-state index contributed by atoms with van der Waals surface area (Å²) < 4.78 is 0. The van der Waals surface area contributed by atoms with Gasteiger partial charge in [-0.1, -0.05) is 20.8 Å². The van der Waals surface area contributed by atoms with Gasteiger partial charge in [-0.15, -0.1) is 0 Å². The molecule has 6 N–H and O–H groups in total.